The van der Waals surface area contributed by atoms with Crippen molar-refractivity contribution >= 4 is 23.2 Å². The Balaban J connectivity index is 2.26. The molecule has 1 amide bonds. The molecule has 90 valence electrons. The second kappa shape index (κ2) is 4.21. The lowest BCUT2D eigenvalue weighted by Gasteiger charge is -2.05. The molecule has 2 aromatic heterocycles. The van der Waals surface area contributed by atoms with Crippen LogP contribution in [0.5, 0.6) is 0 Å². The summed E-state index contributed by atoms with van der Waals surface area (Å²) in [5, 5.41) is 11.0. The highest BCUT2D eigenvalue weighted by Crippen LogP contribution is 2.18. The zero-order valence-electron chi connectivity index (χ0n) is 9.73. The third kappa shape index (κ3) is 2.03. The molecule has 0 bridgehead atoms. The molecule has 1 N–H and O–H groups in total. The Morgan fingerprint density at radius 2 is 1.94 bits per heavy atom. The summed E-state index contributed by atoms with van der Waals surface area (Å²) >= 11 is 5.89. The van der Waals surface area contributed by atoms with E-state index >= 15 is 0 Å². The fourth-order valence-electron chi connectivity index (χ4n) is 1.47. The van der Waals surface area contributed by atoms with Gasteiger partial charge in [-0.25, -0.2) is 0 Å². The van der Waals surface area contributed by atoms with E-state index in [1.54, 1.807) is 17.9 Å². The average molecular weight is 254 g/mol. The zero-order chi connectivity index (χ0) is 12.6. The van der Waals surface area contributed by atoms with Crippen LogP contribution in [0.4, 0.5) is 5.69 Å². The number of hydrogen-bond acceptors (Lipinski definition) is 3. The maximum atomic E-state index is 12.0. The van der Waals surface area contributed by atoms with Gasteiger partial charge in [-0.3, -0.25) is 14.2 Å². The molecule has 7 heteroatoms. The fraction of sp³-hybridized carbons (Fsp3) is 0.300. The van der Waals surface area contributed by atoms with E-state index in [-0.39, 0.29) is 5.91 Å². The molecule has 0 spiro atoms. The molecule has 2 aromatic rings. The number of amides is 1. The molecule has 0 unspecified atom stereocenters. The smallest absolute Gasteiger partial charge is 0.275 e. The van der Waals surface area contributed by atoms with Crippen LogP contribution in [0, 0.1) is 6.92 Å². The van der Waals surface area contributed by atoms with Crippen LogP contribution in [-0.2, 0) is 14.1 Å². The lowest BCUT2D eigenvalue weighted by Crippen LogP contribution is -2.17. The summed E-state index contributed by atoms with van der Waals surface area (Å²) in [6, 6.07) is 0. The highest BCUT2D eigenvalue weighted by Gasteiger charge is 2.17. The Kier molecular flexibility index (Phi) is 2.89. The van der Waals surface area contributed by atoms with E-state index in [2.05, 4.69) is 15.5 Å². The Bertz CT molecular complexity index is 552. The van der Waals surface area contributed by atoms with E-state index < -0.39 is 0 Å². The number of rotatable bonds is 2. The first-order valence-electron chi connectivity index (χ1n) is 4.98. The van der Waals surface area contributed by atoms with Crippen molar-refractivity contribution in [3.05, 3.63) is 28.8 Å². The van der Waals surface area contributed by atoms with E-state index in [0.717, 1.165) is 5.69 Å². The molecule has 0 aliphatic heterocycles. The van der Waals surface area contributed by atoms with Crippen molar-refractivity contribution in [3.8, 4) is 0 Å². The monoisotopic (exact) mass is 253 g/mol. The van der Waals surface area contributed by atoms with Gasteiger partial charge in [-0.05, 0) is 6.92 Å². The summed E-state index contributed by atoms with van der Waals surface area (Å²) in [4.78, 5) is 12.0. The minimum Gasteiger partial charge on any atom is -0.318 e. The molecular formula is C10H12ClN5O. The van der Waals surface area contributed by atoms with Crippen LogP contribution in [0.25, 0.3) is 0 Å². The number of nitrogens with one attached hydrogen (secondary N) is 1. The van der Waals surface area contributed by atoms with Gasteiger partial charge in [0.2, 0.25) is 0 Å². The Morgan fingerprint density at radius 1 is 1.29 bits per heavy atom. The van der Waals surface area contributed by atoms with Crippen LogP contribution < -0.4 is 5.32 Å². The SMILES string of the molecule is Cc1c(NC(=O)c2c(Cl)cnn2C)cnn1C. The topological polar surface area (TPSA) is 64.7 Å². The number of aromatic nitrogens is 4. The van der Waals surface area contributed by atoms with Crippen molar-refractivity contribution in [2.75, 3.05) is 5.32 Å². The lowest BCUT2D eigenvalue weighted by molar-refractivity contribution is 0.101. The Morgan fingerprint density at radius 3 is 2.41 bits per heavy atom. The van der Waals surface area contributed by atoms with Gasteiger partial charge in [-0.2, -0.15) is 10.2 Å². The van der Waals surface area contributed by atoms with Crippen molar-refractivity contribution < 1.29 is 4.79 Å². The van der Waals surface area contributed by atoms with Crippen molar-refractivity contribution in [2.45, 2.75) is 6.92 Å². The molecule has 0 saturated heterocycles. The van der Waals surface area contributed by atoms with Gasteiger partial charge in [0.05, 0.1) is 28.8 Å². The number of halogens is 1. The van der Waals surface area contributed by atoms with E-state index in [0.29, 0.717) is 16.4 Å². The second-order valence-electron chi connectivity index (χ2n) is 3.69. The number of nitrogens with zero attached hydrogens (tertiary/aromatic N) is 4. The second-order valence-corrected chi connectivity index (χ2v) is 4.09. The van der Waals surface area contributed by atoms with Crippen LogP contribution in [0.1, 0.15) is 16.2 Å². The van der Waals surface area contributed by atoms with Crippen molar-refractivity contribution in [1.29, 1.82) is 0 Å². The number of hydrogen-bond donors (Lipinski definition) is 1. The third-order valence-electron chi connectivity index (χ3n) is 2.59. The Hall–Kier alpha value is -1.82. The first kappa shape index (κ1) is 11.7. The van der Waals surface area contributed by atoms with Gasteiger partial charge in [-0.15, -0.1) is 0 Å². The van der Waals surface area contributed by atoms with Gasteiger partial charge in [0.25, 0.3) is 5.91 Å². The number of anilines is 1. The molecule has 0 radical (unpaired) electrons. The highest BCUT2D eigenvalue weighted by atomic mass is 35.5. The fourth-order valence-corrected chi connectivity index (χ4v) is 1.72. The van der Waals surface area contributed by atoms with E-state index in [1.165, 1.54) is 10.9 Å². The quantitative estimate of drug-likeness (QED) is 0.879. The van der Waals surface area contributed by atoms with Crippen LogP contribution in [0.3, 0.4) is 0 Å². The predicted molar refractivity (Wildman–Crippen MR) is 64.1 cm³/mol. The number of aryl methyl sites for hydroxylation is 2. The summed E-state index contributed by atoms with van der Waals surface area (Å²) in [6.07, 6.45) is 3.03. The lowest BCUT2D eigenvalue weighted by atomic mass is 10.3. The van der Waals surface area contributed by atoms with Crippen molar-refractivity contribution in [3.63, 3.8) is 0 Å². The van der Waals surface area contributed by atoms with Crippen molar-refractivity contribution in [2.24, 2.45) is 14.1 Å². The minimum absolute atomic E-state index is 0.300. The summed E-state index contributed by atoms with van der Waals surface area (Å²) in [5.41, 5.74) is 1.86. The molecule has 0 fully saturated rings. The maximum absolute atomic E-state index is 12.0. The molecule has 0 aliphatic carbocycles. The van der Waals surface area contributed by atoms with E-state index in [9.17, 15) is 4.79 Å². The first-order chi connectivity index (χ1) is 8.00. The predicted octanol–water partition coefficient (Wildman–Crippen LogP) is 1.37. The van der Waals surface area contributed by atoms with Gasteiger partial charge in [0.1, 0.15) is 5.69 Å². The van der Waals surface area contributed by atoms with E-state index in [4.69, 9.17) is 11.6 Å². The Labute approximate surface area is 103 Å². The highest BCUT2D eigenvalue weighted by molar-refractivity contribution is 6.34. The van der Waals surface area contributed by atoms with E-state index in [1.807, 2.05) is 14.0 Å². The normalized spacial score (nSPS) is 10.6. The average Bonchev–Trinajstić information content (AvgIpc) is 2.76. The summed E-state index contributed by atoms with van der Waals surface area (Å²) < 4.78 is 3.11. The summed E-state index contributed by atoms with van der Waals surface area (Å²) in [5.74, 6) is -0.300. The third-order valence-corrected chi connectivity index (χ3v) is 2.87. The molecule has 2 heterocycles. The van der Waals surface area contributed by atoms with Gasteiger partial charge in [-0.1, -0.05) is 11.6 Å². The zero-order valence-corrected chi connectivity index (χ0v) is 10.5. The molecule has 0 saturated carbocycles. The van der Waals surface area contributed by atoms with Crippen LogP contribution in [0.15, 0.2) is 12.4 Å². The van der Waals surface area contributed by atoms with Crippen LogP contribution in [0.2, 0.25) is 5.02 Å². The molecular weight excluding hydrogens is 242 g/mol. The number of carbonyl (C=O) groups is 1. The largest absolute Gasteiger partial charge is 0.318 e. The molecule has 0 atom stereocenters. The molecule has 2 rings (SSSR count). The molecule has 6 nitrogen and oxygen atoms in total. The number of carbonyl (C=O) groups excluding carboxylic acids is 1. The summed E-state index contributed by atoms with van der Waals surface area (Å²) in [6.45, 7) is 1.87. The van der Waals surface area contributed by atoms with Gasteiger partial charge >= 0.3 is 0 Å². The van der Waals surface area contributed by atoms with Crippen LogP contribution in [-0.4, -0.2) is 25.5 Å². The molecule has 17 heavy (non-hydrogen) atoms. The van der Waals surface area contributed by atoms with Crippen molar-refractivity contribution in [1.82, 2.24) is 19.6 Å². The standard InChI is InChI=1S/C10H12ClN5O/c1-6-8(5-13-15(6)2)14-10(17)9-7(11)4-12-16(9)3/h4-5H,1-3H3,(H,14,17). The summed E-state index contributed by atoms with van der Waals surface area (Å²) in [7, 11) is 3.47. The molecule has 0 aromatic carbocycles. The molecule has 0 aliphatic rings. The first-order valence-corrected chi connectivity index (χ1v) is 5.36. The minimum atomic E-state index is -0.300. The van der Waals surface area contributed by atoms with Gasteiger partial charge in [0, 0.05) is 14.1 Å². The maximum Gasteiger partial charge on any atom is 0.275 e. The van der Waals surface area contributed by atoms with Gasteiger partial charge in [0.15, 0.2) is 0 Å². The van der Waals surface area contributed by atoms with Crippen LogP contribution >= 0.6 is 11.6 Å². The van der Waals surface area contributed by atoms with Gasteiger partial charge < -0.3 is 5.32 Å².